The minimum absolute atomic E-state index is 0.158. The lowest BCUT2D eigenvalue weighted by atomic mass is 10.0. The van der Waals surface area contributed by atoms with Crippen LogP contribution in [0.4, 0.5) is 9.18 Å². The zero-order chi connectivity index (χ0) is 14.2. The molecule has 0 spiro atoms. The summed E-state index contributed by atoms with van der Waals surface area (Å²) in [5.41, 5.74) is 6.44. The Kier molecular flexibility index (Phi) is 3.58. The number of halogens is 2. The summed E-state index contributed by atoms with van der Waals surface area (Å²) in [5, 5.41) is 0. The van der Waals surface area contributed by atoms with Crippen molar-refractivity contribution in [1.82, 2.24) is 4.90 Å². The van der Waals surface area contributed by atoms with Gasteiger partial charge in [0.25, 0.3) is 0 Å². The smallest absolute Gasteiger partial charge is 0.347 e. The van der Waals surface area contributed by atoms with E-state index in [2.05, 4.69) is 26.8 Å². The van der Waals surface area contributed by atoms with Crippen molar-refractivity contribution in [2.75, 3.05) is 0 Å². The van der Waals surface area contributed by atoms with E-state index in [0.29, 0.717) is 10.0 Å². The third-order valence-electron chi connectivity index (χ3n) is 2.92. The molecule has 2 atom stereocenters. The number of amidine groups is 1. The van der Waals surface area contributed by atoms with Crippen molar-refractivity contribution in [3.05, 3.63) is 34.1 Å². The number of nitrogens with two attached hydrogens (primary N) is 1. The van der Waals surface area contributed by atoms with Crippen molar-refractivity contribution in [3.8, 4) is 12.3 Å². The van der Waals surface area contributed by atoms with Crippen LogP contribution in [0.15, 0.2) is 27.7 Å². The van der Waals surface area contributed by atoms with Crippen LogP contribution >= 0.6 is 15.9 Å². The minimum atomic E-state index is -0.560. The van der Waals surface area contributed by atoms with E-state index >= 15 is 0 Å². The number of aliphatic imine (C=N–C) groups is 1. The number of carbonyl (C=O) groups excluding carboxylic acids is 1. The first-order valence-corrected chi connectivity index (χ1v) is 6.32. The van der Waals surface area contributed by atoms with Crippen LogP contribution in [0.5, 0.6) is 0 Å². The van der Waals surface area contributed by atoms with E-state index in [-0.39, 0.29) is 11.7 Å². The highest BCUT2D eigenvalue weighted by atomic mass is 79.9. The van der Waals surface area contributed by atoms with Crippen LogP contribution in [-0.4, -0.2) is 22.8 Å². The Balaban J connectivity index is 2.46. The molecule has 1 aliphatic heterocycles. The van der Waals surface area contributed by atoms with E-state index in [9.17, 15) is 9.18 Å². The van der Waals surface area contributed by atoms with Gasteiger partial charge in [-0.25, -0.2) is 9.18 Å². The first-order valence-electron chi connectivity index (χ1n) is 5.53. The van der Waals surface area contributed by atoms with E-state index in [1.165, 1.54) is 11.0 Å². The first kappa shape index (κ1) is 13.6. The van der Waals surface area contributed by atoms with Crippen molar-refractivity contribution in [2.24, 2.45) is 10.7 Å². The van der Waals surface area contributed by atoms with Crippen molar-refractivity contribution < 1.29 is 9.18 Å². The number of benzene rings is 1. The first-order chi connectivity index (χ1) is 8.95. The molecule has 0 saturated carbocycles. The zero-order valence-corrected chi connectivity index (χ0v) is 11.7. The number of carbonyl (C=O) groups is 1. The van der Waals surface area contributed by atoms with Crippen molar-refractivity contribution in [3.63, 3.8) is 0 Å². The van der Waals surface area contributed by atoms with Crippen molar-refractivity contribution in [2.45, 2.75) is 19.0 Å². The lowest BCUT2D eigenvalue weighted by molar-refractivity contribution is 0.199. The van der Waals surface area contributed by atoms with E-state index in [1.54, 1.807) is 19.1 Å². The summed E-state index contributed by atoms with van der Waals surface area (Å²) in [4.78, 5) is 16.9. The Labute approximate surface area is 118 Å². The zero-order valence-electron chi connectivity index (χ0n) is 10.1. The highest BCUT2D eigenvalue weighted by molar-refractivity contribution is 9.10. The molecule has 6 heteroatoms. The second kappa shape index (κ2) is 5.02. The van der Waals surface area contributed by atoms with E-state index < -0.39 is 18.1 Å². The fourth-order valence-corrected chi connectivity index (χ4v) is 2.36. The summed E-state index contributed by atoms with van der Waals surface area (Å²) in [5.74, 6) is 2.24. The summed E-state index contributed by atoms with van der Waals surface area (Å²) in [6, 6.07) is 2.93. The quantitative estimate of drug-likeness (QED) is 0.850. The third kappa shape index (κ3) is 2.34. The molecule has 0 fully saturated rings. The van der Waals surface area contributed by atoms with Crippen LogP contribution in [0.2, 0.25) is 0 Å². The molecule has 98 valence electrons. The van der Waals surface area contributed by atoms with Gasteiger partial charge in [0.2, 0.25) is 0 Å². The average molecular weight is 324 g/mol. The van der Waals surface area contributed by atoms with Crippen LogP contribution in [-0.2, 0) is 0 Å². The van der Waals surface area contributed by atoms with Crippen LogP contribution in [0.1, 0.15) is 18.5 Å². The molecule has 4 nitrogen and oxygen atoms in total. The molecule has 1 aromatic rings. The second-order valence-electron chi connectivity index (χ2n) is 4.15. The van der Waals surface area contributed by atoms with Crippen LogP contribution in [0, 0.1) is 18.2 Å². The Morgan fingerprint density at radius 3 is 2.89 bits per heavy atom. The molecule has 0 saturated heterocycles. The topological polar surface area (TPSA) is 58.7 Å². The number of hydrogen-bond acceptors (Lipinski definition) is 2. The average Bonchev–Trinajstić information content (AvgIpc) is 2.67. The van der Waals surface area contributed by atoms with Crippen LogP contribution in [0.25, 0.3) is 0 Å². The van der Waals surface area contributed by atoms with Crippen molar-refractivity contribution in [1.29, 1.82) is 0 Å². The van der Waals surface area contributed by atoms with Gasteiger partial charge in [-0.15, -0.1) is 6.42 Å². The Morgan fingerprint density at radius 1 is 1.63 bits per heavy atom. The molecule has 19 heavy (non-hydrogen) atoms. The molecule has 2 N–H and O–H groups in total. The van der Waals surface area contributed by atoms with Gasteiger partial charge in [0.15, 0.2) is 0 Å². The Hall–Kier alpha value is -1.87. The van der Waals surface area contributed by atoms with Gasteiger partial charge in [-0.2, -0.15) is 4.99 Å². The van der Waals surface area contributed by atoms with Crippen molar-refractivity contribution >= 4 is 27.8 Å². The normalized spacial score (nSPS) is 20.1. The standard InChI is InChI=1S/C13H11BrFN3O/c1-3-7(2)18-11(12(16)17-13(18)19)8-4-5-10(15)9(14)6-8/h1,4-7,11H,2H3,(H2,16,17,19). The molecule has 0 bridgehead atoms. The molecule has 0 aromatic heterocycles. The molecule has 1 heterocycles. The molecule has 2 unspecified atom stereocenters. The van der Waals surface area contributed by atoms with E-state index in [4.69, 9.17) is 12.2 Å². The van der Waals surface area contributed by atoms with E-state index in [1.807, 2.05) is 0 Å². The van der Waals surface area contributed by atoms with Gasteiger partial charge in [-0.05, 0) is 40.5 Å². The fourth-order valence-electron chi connectivity index (χ4n) is 1.97. The van der Waals surface area contributed by atoms with Gasteiger partial charge in [-0.1, -0.05) is 12.0 Å². The van der Waals surface area contributed by atoms with Gasteiger partial charge in [0.05, 0.1) is 10.5 Å². The Morgan fingerprint density at radius 2 is 2.32 bits per heavy atom. The van der Waals surface area contributed by atoms with Crippen LogP contribution < -0.4 is 5.73 Å². The van der Waals surface area contributed by atoms with Gasteiger partial charge in [0, 0.05) is 0 Å². The highest BCUT2D eigenvalue weighted by Gasteiger charge is 2.37. The Bertz CT molecular complexity index is 608. The van der Waals surface area contributed by atoms with E-state index in [0.717, 1.165) is 0 Å². The molecule has 1 aliphatic rings. The largest absolute Gasteiger partial charge is 0.385 e. The summed E-state index contributed by atoms with van der Waals surface area (Å²) in [6.45, 7) is 1.71. The van der Waals surface area contributed by atoms with Gasteiger partial charge in [-0.3, -0.25) is 4.90 Å². The summed E-state index contributed by atoms with van der Waals surface area (Å²) < 4.78 is 13.6. The predicted molar refractivity (Wildman–Crippen MR) is 74.0 cm³/mol. The molecule has 2 amide bonds. The number of rotatable bonds is 2. The lowest BCUT2D eigenvalue weighted by Crippen LogP contribution is -2.39. The number of terminal acetylenes is 1. The number of hydrogen-bond donors (Lipinski definition) is 1. The predicted octanol–water partition coefficient (Wildman–Crippen LogP) is 2.44. The molecular formula is C13H11BrFN3O. The lowest BCUT2D eigenvalue weighted by Gasteiger charge is -2.27. The number of amides is 2. The SMILES string of the molecule is C#CC(C)N1C(=O)N=C(N)C1c1ccc(F)c(Br)c1. The summed E-state index contributed by atoms with van der Waals surface area (Å²) in [7, 11) is 0. The summed E-state index contributed by atoms with van der Waals surface area (Å²) >= 11 is 3.10. The number of nitrogens with zero attached hydrogens (tertiary/aromatic N) is 2. The fraction of sp³-hybridized carbons (Fsp3) is 0.231. The molecule has 0 radical (unpaired) electrons. The molecular weight excluding hydrogens is 313 g/mol. The molecule has 2 rings (SSSR count). The van der Waals surface area contributed by atoms with Gasteiger partial charge >= 0.3 is 6.03 Å². The molecule has 1 aromatic carbocycles. The van der Waals surface area contributed by atoms with Crippen LogP contribution in [0.3, 0.4) is 0 Å². The molecule has 0 aliphatic carbocycles. The maximum atomic E-state index is 13.3. The monoisotopic (exact) mass is 323 g/mol. The second-order valence-corrected chi connectivity index (χ2v) is 5.00. The highest BCUT2D eigenvalue weighted by Crippen LogP contribution is 2.31. The number of urea groups is 1. The summed E-state index contributed by atoms with van der Waals surface area (Å²) in [6.07, 6.45) is 5.35. The third-order valence-corrected chi connectivity index (χ3v) is 3.53. The maximum Gasteiger partial charge on any atom is 0.347 e. The minimum Gasteiger partial charge on any atom is -0.385 e. The maximum absolute atomic E-state index is 13.3. The van der Waals surface area contributed by atoms with Gasteiger partial charge < -0.3 is 5.73 Å². The van der Waals surface area contributed by atoms with Gasteiger partial charge in [0.1, 0.15) is 17.7 Å².